The summed E-state index contributed by atoms with van der Waals surface area (Å²) >= 11 is 0. The van der Waals surface area contributed by atoms with E-state index in [0.717, 1.165) is 0 Å². The predicted octanol–water partition coefficient (Wildman–Crippen LogP) is -2.87. The minimum Gasteiger partial charge on any atom is -0.387 e. The van der Waals surface area contributed by atoms with Crippen LogP contribution in [0, 0.1) is 0 Å². The Labute approximate surface area is 133 Å². The lowest BCUT2D eigenvalue weighted by atomic mass is 10.00. The first-order chi connectivity index (χ1) is 10.6. The maximum Gasteiger partial charge on any atom is 0.490 e. The molecule has 0 aromatic carbocycles. The van der Waals surface area contributed by atoms with Crippen molar-refractivity contribution in [1.29, 1.82) is 0 Å². The summed E-state index contributed by atoms with van der Waals surface area (Å²) in [6.45, 7) is -1.09. The van der Waals surface area contributed by atoms with E-state index in [1.807, 2.05) is 0 Å². The molecule has 8 N–H and O–H groups in total. The van der Waals surface area contributed by atoms with E-state index in [4.69, 9.17) is 14.7 Å². The summed E-state index contributed by atoms with van der Waals surface area (Å²) in [5.41, 5.74) is 0. The molecule has 0 aromatic heterocycles. The zero-order valence-corrected chi connectivity index (χ0v) is 14.1. The Morgan fingerprint density at radius 1 is 0.792 bits per heavy atom. The van der Waals surface area contributed by atoms with Crippen molar-refractivity contribution in [3.8, 4) is 0 Å². The molecular weight excluding hydrogens is 405 g/mol. The van der Waals surface area contributed by atoms with E-state index in [1.165, 1.54) is 0 Å². The maximum absolute atomic E-state index is 11.4. The number of aliphatic hydroxyl groups excluding tert-OH is 4. The highest BCUT2D eigenvalue weighted by Gasteiger charge is 2.45. The summed E-state index contributed by atoms with van der Waals surface area (Å²) in [5.74, 6) is 0. The fraction of sp³-hybridized carbons (Fsp3) is 1.00. The summed E-state index contributed by atoms with van der Waals surface area (Å²) in [5, 5.41) is 37.4. The van der Waals surface area contributed by atoms with Crippen LogP contribution in [0.1, 0.15) is 0 Å². The SMILES string of the molecule is O=P(O)(O)OP(=O)(O)OP(=O)(O)OC[C@H]1O[C@@H](O)[C@H](O)[C@@H](O)[C@H]1O. The number of phosphoric ester groups is 1. The normalized spacial score (nSPS) is 36.8. The number of rotatable bonds is 7. The molecule has 0 aliphatic carbocycles. The highest BCUT2D eigenvalue weighted by molar-refractivity contribution is 7.66. The van der Waals surface area contributed by atoms with Gasteiger partial charge in [-0.1, -0.05) is 0 Å². The van der Waals surface area contributed by atoms with Gasteiger partial charge in [-0.25, -0.2) is 13.7 Å². The third kappa shape index (κ3) is 6.84. The Morgan fingerprint density at radius 3 is 1.83 bits per heavy atom. The van der Waals surface area contributed by atoms with Crippen molar-refractivity contribution in [1.82, 2.24) is 0 Å². The Kier molecular flexibility index (Phi) is 7.27. The van der Waals surface area contributed by atoms with E-state index < -0.39 is 60.8 Å². The summed E-state index contributed by atoms with van der Waals surface area (Å²) in [7, 11) is -16.7. The summed E-state index contributed by atoms with van der Waals surface area (Å²) < 4.78 is 48.5. The molecule has 0 bridgehead atoms. The molecular formula is C6H15O15P3. The molecule has 7 atom stereocenters. The van der Waals surface area contributed by atoms with Gasteiger partial charge in [-0.05, 0) is 0 Å². The number of hydrogen-bond donors (Lipinski definition) is 8. The zero-order valence-electron chi connectivity index (χ0n) is 11.4. The predicted molar refractivity (Wildman–Crippen MR) is 68.7 cm³/mol. The van der Waals surface area contributed by atoms with Crippen molar-refractivity contribution in [2.45, 2.75) is 30.7 Å². The number of hydrogen-bond acceptors (Lipinski definition) is 11. The Balaban J connectivity index is 2.67. The monoisotopic (exact) mass is 420 g/mol. The fourth-order valence-electron chi connectivity index (χ4n) is 1.54. The van der Waals surface area contributed by atoms with Crippen LogP contribution in [-0.4, -0.2) is 77.3 Å². The lowest BCUT2D eigenvalue weighted by Crippen LogP contribution is -2.58. The van der Waals surface area contributed by atoms with Crippen LogP contribution in [0.2, 0.25) is 0 Å². The van der Waals surface area contributed by atoms with Crippen LogP contribution < -0.4 is 0 Å². The molecule has 18 heteroatoms. The van der Waals surface area contributed by atoms with Gasteiger partial charge in [0.2, 0.25) is 0 Å². The van der Waals surface area contributed by atoms with E-state index in [0.29, 0.717) is 0 Å². The largest absolute Gasteiger partial charge is 0.490 e. The first-order valence-electron chi connectivity index (χ1n) is 5.80. The van der Waals surface area contributed by atoms with E-state index in [9.17, 15) is 39.0 Å². The molecule has 0 radical (unpaired) electrons. The second kappa shape index (κ2) is 7.84. The van der Waals surface area contributed by atoms with Crippen LogP contribution in [0.15, 0.2) is 0 Å². The average molecular weight is 420 g/mol. The van der Waals surface area contributed by atoms with Gasteiger partial charge in [0.25, 0.3) is 0 Å². The molecule has 1 rings (SSSR count). The van der Waals surface area contributed by atoms with Gasteiger partial charge in [-0.2, -0.15) is 8.62 Å². The van der Waals surface area contributed by atoms with Crippen LogP contribution in [0.3, 0.4) is 0 Å². The first kappa shape index (κ1) is 22.3. The highest BCUT2D eigenvalue weighted by Crippen LogP contribution is 2.66. The molecule has 0 amide bonds. The topological polar surface area (TPSA) is 250 Å². The Morgan fingerprint density at radius 2 is 1.33 bits per heavy atom. The number of ether oxygens (including phenoxy) is 1. The number of phosphoric acid groups is 3. The average Bonchev–Trinajstić information content (AvgIpc) is 2.34. The molecule has 1 heterocycles. The van der Waals surface area contributed by atoms with E-state index in [2.05, 4.69) is 17.9 Å². The standard InChI is InChI=1S/C6H15O15P3/c7-3-2(19-6(10)5(9)4(3)8)1-18-23(14,15)21-24(16,17)20-22(11,12)13/h2-10H,1H2,(H,14,15)(H,16,17)(H2,11,12,13)/t2-,3+,4+,5-,6-/m1/s1. The maximum atomic E-state index is 11.4. The highest BCUT2D eigenvalue weighted by atomic mass is 31.3. The Hall–Kier alpha value is 0.210. The van der Waals surface area contributed by atoms with Crippen LogP contribution >= 0.6 is 23.5 Å². The lowest BCUT2D eigenvalue weighted by molar-refractivity contribution is -0.285. The Bertz CT molecular complexity index is 572. The van der Waals surface area contributed by atoms with Crippen LogP contribution in [-0.2, 0) is 31.6 Å². The number of aliphatic hydroxyl groups is 4. The van der Waals surface area contributed by atoms with Crippen molar-refractivity contribution < 1.29 is 71.6 Å². The van der Waals surface area contributed by atoms with Gasteiger partial charge < -0.3 is 44.7 Å². The first-order valence-corrected chi connectivity index (χ1v) is 10.3. The van der Waals surface area contributed by atoms with Crippen molar-refractivity contribution >= 4 is 23.5 Å². The van der Waals surface area contributed by atoms with Gasteiger partial charge in [-0.15, -0.1) is 0 Å². The van der Waals surface area contributed by atoms with Crippen LogP contribution in [0.5, 0.6) is 0 Å². The smallest absolute Gasteiger partial charge is 0.387 e. The molecule has 24 heavy (non-hydrogen) atoms. The quantitative estimate of drug-likeness (QED) is 0.193. The minimum absolute atomic E-state index is 1.09. The van der Waals surface area contributed by atoms with E-state index in [1.54, 1.807) is 0 Å². The molecule has 0 aromatic rings. The van der Waals surface area contributed by atoms with Gasteiger partial charge in [-0.3, -0.25) is 4.52 Å². The fourth-order valence-corrected chi connectivity index (χ4v) is 4.57. The summed E-state index contributed by atoms with van der Waals surface area (Å²) in [6, 6.07) is 0. The molecule has 0 saturated carbocycles. The molecule has 1 aliphatic heterocycles. The molecule has 1 saturated heterocycles. The minimum atomic E-state index is -5.70. The van der Waals surface area contributed by atoms with Crippen molar-refractivity contribution in [2.24, 2.45) is 0 Å². The van der Waals surface area contributed by atoms with Crippen molar-refractivity contribution in [2.75, 3.05) is 6.61 Å². The molecule has 1 aliphatic rings. The van der Waals surface area contributed by atoms with Crippen LogP contribution in [0.4, 0.5) is 0 Å². The second-order valence-electron chi connectivity index (χ2n) is 4.42. The van der Waals surface area contributed by atoms with E-state index in [-0.39, 0.29) is 0 Å². The third-order valence-electron chi connectivity index (χ3n) is 2.50. The van der Waals surface area contributed by atoms with Crippen LogP contribution in [0.25, 0.3) is 0 Å². The molecule has 1 fully saturated rings. The van der Waals surface area contributed by atoms with Gasteiger partial charge in [0.1, 0.15) is 24.4 Å². The molecule has 15 nitrogen and oxygen atoms in total. The summed E-state index contributed by atoms with van der Waals surface area (Å²) in [6.07, 6.45) is -9.29. The molecule has 144 valence electrons. The lowest BCUT2D eigenvalue weighted by Gasteiger charge is -2.38. The summed E-state index contributed by atoms with van der Waals surface area (Å²) in [4.78, 5) is 34.8. The molecule has 2 unspecified atom stereocenters. The van der Waals surface area contributed by atoms with Gasteiger partial charge in [0, 0.05) is 0 Å². The van der Waals surface area contributed by atoms with Gasteiger partial charge in [0.15, 0.2) is 6.29 Å². The zero-order chi connectivity index (χ0) is 18.9. The van der Waals surface area contributed by atoms with Crippen molar-refractivity contribution in [3.63, 3.8) is 0 Å². The van der Waals surface area contributed by atoms with E-state index >= 15 is 0 Å². The molecule has 0 spiro atoms. The van der Waals surface area contributed by atoms with Gasteiger partial charge in [0.05, 0.1) is 6.61 Å². The van der Waals surface area contributed by atoms with Gasteiger partial charge >= 0.3 is 23.5 Å². The second-order valence-corrected chi connectivity index (χ2v) is 8.84. The van der Waals surface area contributed by atoms with Crippen molar-refractivity contribution in [3.05, 3.63) is 0 Å². The third-order valence-corrected chi connectivity index (χ3v) is 6.31.